The van der Waals surface area contributed by atoms with Crippen LogP contribution in [-0.4, -0.2) is 5.10 Å². The van der Waals surface area contributed by atoms with Gasteiger partial charge in [-0.1, -0.05) is 22.7 Å². The summed E-state index contributed by atoms with van der Waals surface area (Å²) in [6.07, 6.45) is 3.72. The molecular formula is C9H11Cl2N2+. The third-order valence-electron chi connectivity index (χ3n) is 2.60. The Morgan fingerprint density at radius 1 is 1.46 bits per heavy atom. The topological polar surface area (TPSA) is 16.8 Å². The molecule has 4 heteroatoms. The predicted octanol–water partition coefficient (Wildman–Crippen LogP) is 2.48. The first-order valence-electron chi connectivity index (χ1n) is 4.40. The Hall–Kier alpha value is -0.340. The number of rotatable bonds is 1. The number of aryl methyl sites for hydroxylation is 1. The molecule has 0 atom stereocenters. The van der Waals surface area contributed by atoms with Crippen molar-refractivity contribution in [3.05, 3.63) is 21.9 Å². The highest BCUT2D eigenvalue weighted by Crippen LogP contribution is 2.39. The van der Waals surface area contributed by atoms with E-state index in [4.69, 9.17) is 23.2 Å². The van der Waals surface area contributed by atoms with Gasteiger partial charge in [-0.3, -0.25) is 0 Å². The average Bonchev–Trinajstić information content (AvgIpc) is 1.96. The third kappa shape index (κ3) is 1.65. The van der Waals surface area contributed by atoms with Crippen LogP contribution in [0.25, 0.3) is 0 Å². The van der Waals surface area contributed by atoms with Gasteiger partial charge in [-0.2, -0.15) is 0 Å². The standard InChI is InChI=1S/C9H11Cl2N2/c1-13-8(10)5-7(9(11)12-13)6-3-2-4-6/h5-6H,2-4H2,1H3/q+1. The summed E-state index contributed by atoms with van der Waals surface area (Å²) in [7, 11) is 1.79. The zero-order chi connectivity index (χ0) is 9.42. The largest absolute Gasteiger partial charge is 0.300 e. The van der Waals surface area contributed by atoms with Crippen LogP contribution in [0, 0.1) is 0 Å². The van der Waals surface area contributed by atoms with Gasteiger partial charge >= 0.3 is 5.15 Å². The summed E-state index contributed by atoms with van der Waals surface area (Å²) in [4.78, 5) is 0. The normalized spacial score (nSPS) is 17.2. The summed E-state index contributed by atoms with van der Waals surface area (Å²) in [5.74, 6) is 0.582. The highest BCUT2D eigenvalue weighted by Gasteiger charge is 2.25. The average molecular weight is 218 g/mol. The Bertz CT molecular complexity index is 335. The van der Waals surface area contributed by atoms with E-state index in [1.54, 1.807) is 11.7 Å². The van der Waals surface area contributed by atoms with Gasteiger partial charge in [0.1, 0.15) is 0 Å². The second-order valence-corrected chi connectivity index (χ2v) is 4.21. The molecule has 0 bridgehead atoms. The fourth-order valence-corrected chi connectivity index (χ4v) is 2.00. The van der Waals surface area contributed by atoms with Crippen LogP contribution in [-0.2, 0) is 7.05 Å². The minimum atomic E-state index is 0.582. The molecule has 1 aromatic heterocycles. The van der Waals surface area contributed by atoms with Crippen LogP contribution >= 0.6 is 23.2 Å². The lowest BCUT2D eigenvalue weighted by Crippen LogP contribution is -2.35. The van der Waals surface area contributed by atoms with E-state index < -0.39 is 0 Å². The van der Waals surface area contributed by atoms with Crippen molar-refractivity contribution in [3.63, 3.8) is 0 Å². The summed E-state index contributed by atoms with van der Waals surface area (Å²) >= 11 is 12.0. The van der Waals surface area contributed by atoms with E-state index in [2.05, 4.69) is 5.10 Å². The Morgan fingerprint density at radius 2 is 2.15 bits per heavy atom. The van der Waals surface area contributed by atoms with Gasteiger partial charge in [0.15, 0.2) is 12.2 Å². The Kier molecular flexibility index (Phi) is 2.43. The van der Waals surface area contributed by atoms with Crippen molar-refractivity contribution in [3.8, 4) is 0 Å². The first kappa shape index (κ1) is 9.22. The lowest BCUT2D eigenvalue weighted by atomic mass is 9.81. The van der Waals surface area contributed by atoms with Crippen LogP contribution in [0.1, 0.15) is 30.7 Å². The summed E-state index contributed by atoms with van der Waals surface area (Å²) in [6, 6.07) is 1.93. The van der Waals surface area contributed by atoms with Crippen molar-refractivity contribution in [1.29, 1.82) is 0 Å². The van der Waals surface area contributed by atoms with E-state index in [9.17, 15) is 0 Å². The van der Waals surface area contributed by atoms with E-state index in [1.165, 1.54) is 19.3 Å². The maximum absolute atomic E-state index is 6.02. The van der Waals surface area contributed by atoms with Gasteiger partial charge in [0.2, 0.25) is 0 Å². The minimum absolute atomic E-state index is 0.582. The van der Waals surface area contributed by atoms with Crippen LogP contribution < -0.4 is 4.68 Å². The molecule has 0 aliphatic heterocycles. The Labute approximate surface area is 87.5 Å². The molecule has 0 unspecified atom stereocenters. The molecule has 0 spiro atoms. The van der Waals surface area contributed by atoms with Crippen molar-refractivity contribution in [2.75, 3.05) is 0 Å². The van der Waals surface area contributed by atoms with E-state index in [-0.39, 0.29) is 0 Å². The second kappa shape index (κ2) is 3.43. The van der Waals surface area contributed by atoms with E-state index >= 15 is 0 Å². The highest BCUT2D eigenvalue weighted by atomic mass is 35.5. The number of hydrogen-bond acceptors (Lipinski definition) is 1. The van der Waals surface area contributed by atoms with Crippen molar-refractivity contribution in [2.45, 2.75) is 25.2 Å². The molecule has 1 aromatic rings. The van der Waals surface area contributed by atoms with Gasteiger partial charge in [0.05, 0.1) is 0 Å². The lowest BCUT2D eigenvalue weighted by Gasteiger charge is -2.25. The van der Waals surface area contributed by atoms with Crippen LogP contribution in [0.5, 0.6) is 0 Å². The molecule has 0 amide bonds. The van der Waals surface area contributed by atoms with Gasteiger partial charge in [-0.25, -0.2) is 0 Å². The fraction of sp³-hybridized carbons (Fsp3) is 0.556. The van der Waals surface area contributed by atoms with Crippen molar-refractivity contribution >= 4 is 23.2 Å². The molecule has 13 heavy (non-hydrogen) atoms. The van der Waals surface area contributed by atoms with Crippen molar-refractivity contribution in [2.24, 2.45) is 7.05 Å². The fourth-order valence-electron chi connectivity index (χ4n) is 1.52. The number of hydrogen-bond donors (Lipinski definition) is 0. The molecule has 0 aromatic carbocycles. The van der Waals surface area contributed by atoms with E-state index in [0.717, 1.165) is 5.56 Å². The molecule has 1 fully saturated rings. The molecule has 70 valence electrons. The summed E-state index contributed by atoms with van der Waals surface area (Å²) in [6.45, 7) is 0. The minimum Gasteiger partial charge on any atom is -0.0741 e. The maximum atomic E-state index is 6.02. The molecule has 0 saturated heterocycles. The number of halogens is 2. The lowest BCUT2D eigenvalue weighted by molar-refractivity contribution is -0.728. The molecule has 1 saturated carbocycles. The highest BCUT2D eigenvalue weighted by molar-refractivity contribution is 6.31. The van der Waals surface area contributed by atoms with Crippen LogP contribution in [0.15, 0.2) is 6.07 Å². The van der Waals surface area contributed by atoms with Gasteiger partial charge in [-0.15, -0.1) is 0 Å². The SMILES string of the molecule is C[n+]1nc(Cl)c(C2CCC2)cc1Cl. The van der Waals surface area contributed by atoms with Crippen LogP contribution in [0.3, 0.4) is 0 Å². The molecule has 0 N–H and O–H groups in total. The van der Waals surface area contributed by atoms with Crippen molar-refractivity contribution < 1.29 is 4.68 Å². The molecule has 1 heterocycles. The Balaban J connectivity index is 2.39. The third-order valence-corrected chi connectivity index (χ3v) is 3.25. The summed E-state index contributed by atoms with van der Waals surface area (Å²) in [5.41, 5.74) is 1.11. The van der Waals surface area contributed by atoms with E-state index in [1.807, 2.05) is 6.07 Å². The zero-order valence-electron chi connectivity index (χ0n) is 7.43. The predicted molar refractivity (Wildman–Crippen MR) is 52.0 cm³/mol. The summed E-state index contributed by atoms with van der Waals surface area (Å²) in [5, 5.41) is 5.36. The van der Waals surface area contributed by atoms with Gasteiger partial charge < -0.3 is 0 Å². The maximum Gasteiger partial charge on any atom is 0.300 e. The monoisotopic (exact) mass is 217 g/mol. The molecule has 2 rings (SSSR count). The van der Waals surface area contributed by atoms with Gasteiger partial charge in [0, 0.05) is 16.7 Å². The second-order valence-electron chi connectivity index (χ2n) is 3.46. The number of nitrogens with zero attached hydrogens (tertiary/aromatic N) is 2. The van der Waals surface area contributed by atoms with Gasteiger partial charge in [-0.05, 0) is 30.4 Å². The van der Waals surface area contributed by atoms with Crippen LogP contribution in [0.2, 0.25) is 10.3 Å². The van der Waals surface area contributed by atoms with Gasteiger partial charge in [0.25, 0.3) is 0 Å². The first-order valence-corrected chi connectivity index (χ1v) is 5.16. The number of aromatic nitrogens is 2. The molecule has 1 aliphatic rings. The smallest absolute Gasteiger partial charge is 0.0741 e. The molecule has 0 radical (unpaired) electrons. The molecular weight excluding hydrogens is 207 g/mol. The van der Waals surface area contributed by atoms with Crippen molar-refractivity contribution in [1.82, 2.24) is 5.10 Å². The van der Waals surface area contributed by atoms with E-state index in [0.29, 0.717) is 16.2 Å². The molecule has 1 aliphatic carbocycles. The summed E-state index contributed by atoms with van der Waals surface area (Å²) < 4.78 is 1.59. The Morgan fingerprint density at radius 3 is 2.69 bits per heavy atom. The first-order chi connectivity index (χ1) is 6.18. The van der Waals surface area contributed by atoms with Crippen LogP contribution in [0.4, 0.5) is 0 Å². The molecule has 2 nitrogen and oxygen atoms in total. The quantitative estimate of drug-likeness (QED) is 0.661. The zero-order valence-corrected chi connectivity index (χ0v) is 8.94.